The fourth-order valence-corrected chi connectivity index (χ4v) is 4.11. The predicted octanol–water partition coefficient (Wildman–Crippen LogP) is 3.35. The number of thioether (sulfide) groups is 1. The molecule has 1 amide bonds. The third-order valence-electron chi connectivity index (χ3n) is 3.40. The van der Waals surface area contributed by atoms with Crippen molar-refractivity contribution in [2.45, 2.75) is 19.2 Å². The minimum Gasteiger partial charge on any atom is -0.324 e. The van der Waals surface area contributed by atoms with Gasteiger partial charge in [0, 0.05) is 24.6 Å². The Labute approximate surface area is 147 Å². The molecule has 124 valence electrons. The zero-order valence-electron chi connectivity index (χ0n) is 13.2. The lowest BCUT2D eigenvalue weighted by Crippen LogP contribution is -2.20. The number of carbonyl (C=O) groups excluding carboxylic acids is 1. The van der Waals surface area contributed by atoms with E-state index in [-0.39, 0.29) is 11.5 Å². The summed E-state index contributed by atoms with van der Waals surface area (Å²) in [7, 11) is 0. The standard InChI is InChI=1S/C17H17N3O2S2/c1-2-20-9-12(7-8-17(20)22)18-15(21)10-23-11-16-19-13-5-3-4-6-14(13)24-16/h3-9H,2,10-11H2,1H3,(H,18,21). The van der Waals surface area contributed by atoms with Gasteiger partial charge in [0.05, 0.1) is 21.7 Å². The summed E-state index contributed by atoms with van der Waals surface area (Å²) in [5, 5.41) is 3.84. The first kappa shape index (κ1) is 16.7. The number of fused-ring (bicyclic) bond motifs is 1. The first-order chi connectivity index (χ1) is 11.7. The molecule has 2 heterocycles. The van der Waals surface area contributed by atoms with E-state index in [2.05, 4.69) is 16.4 Å². The smallest absolute Gasteiger partial charge is 0.250 e. The third kappa shape index (κ3) is 4.04. The highest BCUT2D eigenvalue weighted by Gasteiger charge is 2.07. The van der Waals surface area contributed by atoms with Crippen LogP contribution in [0, 0.1) is 0 Å². The second-order valence-corrected chi connectivity index (χ2v) is 7.26. The molecule has 3 aromatic rings. The average Bonchev–Trinajstić information content (AvgIpc) is 2.99. The number of para-hydroxylation sites is 1. The van der Waals surface area contributed by atoms with Crippen LogP contribution in [0.1, 0.15) is 11.9 Å². The van der Waals surface area contributed by atoms with Crippen LogP contribution in [0.15, 0.2) is 47.4 Å². The molecule has 1 aromatic carbocycles. The lowest BCUT2D eigenvalue weighted by molar-refractivity contribution is -0.113. The summed E-state index contributed by atoms with van der Waals surface area (Å²) in [6, 6.07) is 11.1. The summed E-state index contributed by atoms with van der Waals surface area (Å²) in [5.74, 6) is 0.977. The van der Waals surface area contributed by atoms with Gasteiger partial charge in [-0.05, 0) is 25.1 Å². The number of carbonyl (C=O) groups is 1. The molecule has 0 aliphatic heterocycles. The summed E-state index contributed by atoms with van der Waals surface area (Å²) >= 11 is 3.19. The Bertz CT molecular complexity index is 884. The van der Waals surface area contributed by atoms with Gasteiger partial charge in [0.2, 0.25) is 5.91 Å². The number of thiazole rings is 1. The topological polar surface area (TPSA) is 64.0 Å². The molecule has 0 fully saturated rings. The fraction of sp³-hybridized carbons (Fsp3) is 0.235. The van der Waals surface area contributed by atoms with Crippen LogP contribution < -0.4 is 10.9 Å². The summed E-state index contributed by atoms with van der Waals surface area (Å²) in [5.41, 5.74) is 1.58. The molecule has 0 aliphatic carbocycles. The van der Waals surface area contributed by atoms with Gasteiger partial charge in [-0.25, -0.2) is 4.98 Å². The van der Waals surface area contributed by atoms with Crippen molar-refractivity contribution in [1.82, 2.24) is 9.55 Å². The second kappa shape index (κ2) is 7.63. The van der Waals surface area contributed by atoms with Crippen LogP contribution in [-0.2, 0) is 17.1 Å². The maximum absolute atomic E-state index is 12.0. The van der Waals surface area contributed by atoms with Gasteiger partial charge in [-0.3, -0.25) is 9.59 Å². The lowest BCUT2D eigenvalue weighted by Gasteiger charge is -2.07. The molecular formula is C17H17N3O2S2. The highest BCUT2D eigenvalue weighted by atomic mass is 32.2. The number of hydrogen-bond acceptors (Lipinski definition) is 5. The van der Waals surface area contributed by atoms with Gasteiger partial charge in [-0.15, -0.1) is 23.1 Å². The van der Waals surface area contributed by atoms with Crippen molar-refractivity contribution in [2.24, 2.45) is 0 Å². The van der Waals surface area contributed by atoms with Crippen molar-refractivity contribution in [3.05, 3.63) is 58.0 Å². The maximum atomic E-state index is 12.0. The number of aryl methyl sites for hydroxylation is 1. The minimum absolute atomic E-state index is 0.0688. The fourth-order valence-electron chi connectivity index (χ4n) is 2.26. The zero-order valence-corrected chi connectivity index (χ0v) is 14.8. The van der Waals surface area contributed by atoms with Crippen LogP contribution in [0.25, 0.3) is 10.2 Å². The Morgan fingerprint density at radius 3 is 2.92 bits per heavy atom. The third-order valence-corrected chi connectivity index (χ3v) is 5.57. The van der Waals surface area contributed by atoms with Gasteiger partial charge in [0.25, 0.3) is 5.56 Å². The van der Waals surface area contributed by atoms with E-state index >= 15 is 0 Å². The van der Waals surface area contributed by atoms with E-state index in [4.69, 9.17) is 0 Å². The van der Waals surface area contributed by atoms with Gasteiger partial charge in [-0.2, -0.15) is 0 Å². The van der Waals surface area contributed by atoms with E-state index in [0.717, 1.165) is 10.5 Å². The van der Waals surface area contributed by atoms with Gasteiger partial charge in [-0.1, -0.05) is 12.1 Å². The molecule has 0 spiro atoms. The van der Waals surface area contributed by atoms with Gasteiger partial charge >= 0.3 is 0 Å². The summed E-state index contributed by atoms with van der Waals surface area (Å²) in [4.78, 5) is 28.1. The summed E-state index contributed by atoms with van der Waals surface area (Å²) < 4.78 is 2.73. The molecule has 2 aromatic heterocycles. The highest BCUT2D eigenvalue weighted by molar-refractivity contribution is 7.99. The number of aromatic nitrogens is 2. The van der Waals surface area contributed by atoms with Gasteiger partial charge in [0.1, 0.15) is 5.01 Å². The molecule has 0 saturated carbocycles. The van der Waals surface area contributed by atoms with E-state index in [0.29, 0.717) is 23.7 Å². The van der Waals surface area contributed by atoms with Crippen molar-refractivity contribution >= 4 is 44.9 Å². The zero-order chi connectivity index (χ0) is 16.9. The van der Waals surface area contributed by atoms with Crippen LogP contribution in [0.5, 0.6) is 0 Å². The van der Waals surface area contributed by atoms with E-state index in [1.165, 1.54) is 22.5 Å². The molecule has 0 aliphatic rings. The van der Waals surface area contributed by atoms with Gasteiger partial charge < -0.3 is 9.88 Å². The molecule has 0 saturated heterocycles. The van der Waals surface area contributed by atoms with Crippen LogP contribution in [0.3, 0.4) is 0 Å². The maximum Gasteiger partial charge on any atom is 0.250 e. The average molecular weight is 359 g/mol. The Morgan fingerprint density at radius 2 is 2.12 bits per heavy atom. The molecule has 0 bridgehead atoms. The first-order valence-corrected chi connectivity index (χ1v) is 9.55. The van der Waals surface area contributed by atoms with E-state index in [1.54, 1.807) is 28.2 Å². The molecule has 0 unspecified atom stereocenters. The van der Waals surface area contributed by atoms with Crippen LogP contribution in [0.4, 0.5) is 5.69 Å². The molecule has 3 rings (SSSR count). The predicted molar refractivity (Wildman–Crippen MR) is 101 cm³/mol. The number of nitrogens with zero attached hydrogens (tertiary/aromatic N) is 2. The van der Waals surface area contributed by atoms with Crippen molar-refractivity contribution in [1.29, 1.82) is 0 Å². The molecule has 0 radical (unpaired) electrons. The number of amides is 1. The van der Waals surface area contributed by atoms with Crippen molar-refractivity contribution in [2.75, 3.05) is 11.1 Å². The normalized spacial score (nSPS) is 10.9. The van der Waals surface area contributed by atoms with Gasteiger partial charge in [0.15, 0.2) is 0 Å². The van der Waals surface area contributed by atoms with Crippen molar-refractivity contribution < 1.29 is 4.79 Å². The number of hydrogen-bond donors (Lipinski definition) is 1. The minimum atomic E-state index is -0.0811. The molecule has 1 N–H and O–H groups in total. The second-order valence-electron chi connectivity index (χ2n) is 5.16. The molecular weight excluding hydrogens is 342 g/mol. The number of benzene rings is 1. The number of rotatable bonds is 6. The summed E-state index contributed by atoms with van der Waals surface area (Å²) in [6.07, 6.45) is 1.67. The quantitative estimate of drug-likeness (QED) is 0.733. The van der Waals surface area contributed by atoms with Crippen molar-refractivity contribution in [3.63, 3.8) is 0 Å². The molecule has 7 heteroatoms. The highest BCUT2D eigenvalue weighted by Crippen LogP contribution is 2.24. The van der Waals surface area contributed by atoms with E-state index < -0.39 is 0 Å². The summed E-state index contributed by atoms with van der Waals surface area (Å²) in [6.45, 7) is 2.47. The van der Waals surface area contributed by atoms with Crippen molar-refractivity contribution in [3.8, 4) is 0 Å². The largest absolute Gasteiger partial charge is 0.324 e. The Morgan fingerprint density at radius 1 is 1.29 bits per heavy atom. The molecule has 0 atom stereocenters. The SMILES string of the molecule is CCn1cc(NC(=O)CSCc2nc3ccccc3s2)ccc1=O. The number of nitrogens with one attached hydrogen (secondary N) is 1. The number of pyridine rings is 1. The Balaban J connectivity index is 1.53. The monoisotopic (exact) mass is 359 g/mol. The van der Waals surface area contributed by atoms with E-state index in [9.17, 15) is 9.59 Å². The number of anilines is 1. The van der Waals surface area contributed by atoms with Crippen LogP contribution >= 0.6 is 23.1 Å². The lowest BCUT2D eigenvalue weighted by atomic mass is 10.3. The Kier molecular flexibility index (Phi) is 5.32. The Hall–Kier alpha value is -2.12. The van der Waals surface area contributed by atoms with E-state index in [1.807, 2.05) is 25.1 Å². The van der Waals surface area contributed by atoms with Crippen LogP contribution in [-0.4, -0.2) is 21.2 Å². The van der Waals surface area contributed by atoms with Crippen LogP contribution in [0.2, 0.25) is 0 Å². The molecule has 24 heavy (non-hydrogen) atoms. The molecule has 5 nitrogen and oxygen atoms in total. The first-order valence-electron chi connectivity index (χ1n) is 7.58.